The predicted octanol–water partition coefficient (Wildman–Crippen LogP) is 3.92. The van der Waals surface area contributed by atoms with E-state index in [1.165, 1.54) is 44.3 Å². The zero-order valence-electron chi connectivity index (χ0n) is 13.6. The third kappa shape index (κ3) is 9.11. The molecule has 2 heteroatoms. The van der Waals surface area contributed by atoms with E-state index in [9.17, 15) is 0 Å². The normalized spacial score (nSPS) is 11.4. The van der Waals surface area contributed by atoms with Gasteiger partial charge in [-0.3, -0.25) is 0 Å². The van der Waals surface area contributed by atoms with Crippen molar-refractivity contribution >= 4 is 0 Å². The first-order valence-electron chi connectivity index (χ1n) is 8.11. The Morgan fingerprint density at radius 3 is 2.40 bits per heavy atom. The first-order chi connectivity index (χ1) is 9.68. The number of rotatable bonds is 11. The summed E-state index contributed by atoms with van der Waals surface area (Å²) in [7, 11) is 2.22. The summed E-state index contributed by atoms with van der Waals surface area (Å²) < 4.78 is 0. The molecule has 1 aromatic rings. The first-order valence-corrected chi connectivity index (χ1v) is 8.11. The fraction of sp³-hybridized carbons (Fsp3) is 0.667. The van der Waals surface area contributed by atoms with Crippen LogP contribution in [0.25, 0.3) is 0 Å². The Kier molecular flexibility index (Phi) is 9.35. The molecule has 0 unspecified atom stereocenters. The van der Waals surface area contributed by atoms with Gasteiger partial charge in [0.1, 0.15) is 0 Å². The van der Waals surface area contributed by atoms with Crippen LogP contribution in [0, 0.1) is 5.92 Å². The van der Waals surface area contributed by atoms with Gasteiger partial charge in [-0.05, 0) is 51.0 Å². The minimum Gasteiger partial charge on any atom is -0.316 e. The minimum atomic E-state index is 0.765. The topological polar surface area (TPSA) is 15.3 Å². The first kappa shape index (κ1) is 17.2. The highest BCUT2D eigenvalue weighted by Crippen LogP contribution is 2.05. The van der Waals surface area contributed by atoms with Crippen molar-refractivity contribution in [2.75, 3.05) is 26.7 Å². The van der Waals surface area contributed by atoms with E-state index in [0.29, 0.717) is 0 Å². The maximum absolute atomic E-state index is 3.51. The number of benzene rings is 1. The lowest BCUT2D eigenvalue weighted by Crippen LogP contribution is -2.21. The van der Waals surface area contributed by atoms with Crippen LogP contribution in [0.2, 0.25) is 0 Å². The van der Waals surface area contributed by atoms with Gasteiger partial charge in [0.15, 0.2) is 0 Å². The van der Waals surface area contributed by atoms with Crippen molar-refractivity contribution in [3.05, 3.63) is 35.9 Å². The van der Waals surface area contributed by atoms with Gasteiger partial charge in [-0.1, -0.05) is 57.0 Å². The highest BCUT2D eigenvalue weighted by molar-refractivity contribution is 5.14. The molecule has 0 saturated heterocycles. The molecule has 1 N–H and O–H groups in total. The van der Waals surface area contributed by atoms with Crippen molar-refractivity contribution < 1.29 is 0 Å². The SMILES string of the molecule is CC(C)CNCCCCCCN(C)Cc1ccccc1. The predicted molar refractivity (Wildman–Crippen MR) is 89.0 cm³/mol. The molecule has 20 heavy (non-hydrogen) atoms. The van der Waals surface area contributed by atoms with Crippen molar-refractivity contribution in [1.82, 2.24) is 10.2 Å². The van der Waals surface area contributed by atoms with Gasteiger partial charge in [0.25, 0.3) is 0 Å². The van der Waals surface area contributed by atoms with E-state index in [1.54, 1.807) is 0 Å². The molecule has 0 aliphatic rings. The molecular formula is C18H32N2. The highest BCUT2D eigenvalue weighted by atomic mass is 15.1. The molecule has 0 aliphatic heterocycles. The Labute approximate surface area is 125 Å². The Bertz CT molecular complexity index is 321. The molecule has 0 aliphatic carbocycles. The maximum atomic E-state index is 3.51. The number of hydrogen-bond donors (Lipinski definition) is 1. The smallest absolute Gasteiger partial charge is 0.0230 e. The van der Waals surface area contributed by atoms with E-state index in [0.717, 1.165) is 19.0 Å². The second kappa shape index (κ2) is 10.9. The summed E-state index contributed by atoms with van der Waals surface area (Å²) in [5, 5.41) is 3.51. The molecular weight excluding hydrogens is 244 g/mol. The molecule has 2 nitrogen and oxygen atoms in total. The maximum Gasteiger partial charge on any atom is 0.0230 e. The monoisotopic (exact) mass is 276 g/mol. The molecule has 0 atom stereocenters. The number of nitrogens with one attached hydrogen (secondary N) is 1. The highest BCUT2D eigenvalue weighted by Gasteiger charge is 1.99. The summed E-state index contributed by atoms with van der Waals surface area (Å²) in [6.45, 7) is 9.12. The standard InChI is InChI=1S/C18H32N2/c1-17(2)15-19-13-9-4-5-10-14-20(3)16-18-11-7-6-8-12-18/h6-8,11-12,17,19H,4-5,9-10,13-16H2,1-3H3. The summed E-state index contributed by atoms with van der Waals surface area (Å²) in [5.74, 6) is 0.765. The van der Waals surface area contributed by atoms with Crippen molar-refractivity contribution in [1.29, 1.82) is 0 Å². The van der Waals surface area contributed by atoms with Crippen LogP contribution >= 0.6 is 0 Å². The van der Waals surface area contributed by atoms with Crippen molar-refractivity contribution in [3.8, 4) is 0 Å². The van der Waals surface area contributed by atoms with Gasteiger partial charge in [-0.2, -0.15) is 0 Å². The van der Waals surface area contributed by atoms with Gasteiger partial charge in [0.05, 0.1) is 0 Å². The quantitative estimate of drug-likeness (QED) is 0.616. The zero-order chi connectivity index (χ0) is 14.6. The van der Waals surface area contributed by atoms with Crippen molar-refractivity contribution in [2.45, 2.75) is 46.1 Å². The van der Waals surface area contributed by atoms with E-state index in [2.05, 4.69) is 61.4 Å². The summed E-state index contributed by atoms with van der Waals surface area (Å²) >= 11 is 0. The van der Waals surface area contributed by atoms with Crippen LogP contribution in [0.3, 0.4) is 0 Å². The molecule has 1 rings (SSSR count). The lowest BCUT2D eigenvalue weighted by Gasteiger charge is -2.16. The number of unbranched alkanes of at least 4 members (excludes halogenated alkanes) is 3. The molecule has 0 spiro atoms. The molecule has 0 bridgehead atoms. The van der Waals surface area contributed by atoms with E-state index in [4.69, 9.17) is 0 Å². The van der Waals surface area contributed by atoms with Gasteiger partial charge in [0, 0.05) is 6.54 Å². The Morgan fingerprint density at radius 1 is 1.00 bits per heavy atom. The van der Waals surface area contributed by atoms with Crippen LogP contribution < -0.4 is 5.32 Å². The van der Waals surface area contributed by atoms with Crippen LogP contribution in [0.5, 0.6) is 0 Å². The van der Waals surface area contributed by atoms with Crippen LogP contribution in [0.1, 0.15) is 45.1 Å². The van der Waals surface area contributed by atoms with Crippen molar-refractivity contribution in [3.63, 3.8) is 0 Å². The Morgan fingerprint density at radius 2 is 1.70 bits per heavy atom. The molecule has 0 fully saturated rings. The largest absolute Gasteiger partial charge is 0.316 e. The molecule has 0 aromatic heterocycles. The lowest BCUT2D eigenvalue weighted by atomic mass is 10.1. The molecule has 0 radical (unpaired) electrons. The molecule has 0 amide bonds. The molecule has 114 valence electrons. The van der Waals surface area contributed by atoms with Gasteiger partial charge in [-0.15, -0.1) is 0 Å². The third-order valence-electron chi connectivity index (χ3n) is 3.49. The average Bonchev–Trinajstić information content (AvgIpc) is 2.42. The minimum absolute atomic E-state index is 0.765. The van der Waals surface area contributed by atoms with Gasteiger partial charge in [0.2, 0.25) is 0 Å². The summed E-state index contributed by atoms with van der Waals surface area (Å²) in [5.41, 5.74) is 1.41. The number of nitrogens with zero attached hydrogens (tertiary/aromatic N) is 1. The Balaban J connectivity index is 1.93. The van der Waals surface area contributed by atoms with E-state index in [-0.39, 0.29) is 0 Å². The average molecular weight is 276 g/mol. The van der Waals surface area contributed by atoms with E-state index in [1.807, 2.05) is 0 Å². The summed E-state index contributed by atoms with van der Waals surface area (Å²) in [6, 6.07) is 10.7. The zero-order valence-corrected chi connectivity index (χ0v) is 13.6. The number of hydrogen-bond acceptors (Lipinski definition) is 2. The van der Waals surface area contributed by atoms with E-state index >= 15 is 0 Å². The van der Waals surface area contributed by atoms with Crippen LogP contribution in [0.4, 0.5) is 0 Å². The summed E-state index contributed by atoms with van der Waals surface area (Å²) in [6.07, 6.45) is 5.33. The fourth-order valence-electron chi connectivity index (χ4n) is 2.35. The second-order valence-electron chi connectivity index (χ2n) is 6.24. The van der Waals surface area contributed by atoms with E-state index < -0.39 is 0 Å². The summed E-state index contributed by atoms with van der Waals surface area (Å²) in [4.78, 5) is 2.42. The van der Waals surface area contributed by atoms with Gasteiger partial charge in [-0.25, -0.2) is 0 Å². The fourth-order valence-corrected chi connectivity index (χ4v) is 2.35. The van der Waals surface area contributed by atoms with Crippen molar-refractivity contribution in [2.24, 2.45) is 5.92 Å². The third-order valence-corrected chi connectivity index (χ3v) is 3.49. The van der Waals surface area contributed by atoms with Crippen LogP contribution in [-0.2, 0) is 6.54 Å². The van der Waals surface area contributed by atoms with Crippen LogP contribution in [0.15, 0.2) is 30.3 Å². The lowest BCUT2D eigenvalue weighted by molar-refractivity contribution is 0.316. The molecule has 0 saturated carbocycles. The van der Waals surface area contributed by atoms with Crippen LogP contribution in [-0.4, -0.2) is 31.6 Å². The molecule has 1 aromatic carbocycles. The van der Waals surface area contributed by atoms with Gasteiger partial charge < -0.3 is 10.2 Å². The Hall–Kier alpha value is -0.860. The second-order valence-corrected chi connectivity index (χ2v) is 6.24. The molecule has 0 heterocycles. The van der Waals surface area contributed by atoms with Gasteiger partial charge >= 0.3 is 0 Å².